The van der Waals surface area contributed by atoms with E-state index in [1.54, 1.807) is 6.92 Å². The van der Waals surface area contributed by atoms with E-state index in [1.165, 1.54) is 11.3 Å². The van der Waals surface area contributed by atoms with Crippen LogP contribution in [-0.4, -0.2) is 59.0 Å². The van der Waals surface area contributed by atoms with Gasteiger partial charge in [-0.2, -0.15) is 0 Å². The number of benzene rings is 2. The molecular formula is C23H24ClN3O3S. The summed E-state index contributed by atoms with van der Waals surface area (Å²) in [6.07, 6.45) is 2.33. The molecule has 0 aliphatic carbocycles. The van der Waals surface area contributed by atoms with E-state index in [2.05, 4.69) is 9.88 Å². The van der Waals surface area contributed by atoms with E-state index in [0.29, 0.717) is 34.7 Å². The fraction of sp³-hybridized carbons (Fsp3) is 0.391. The van der Waals surface area contributed by atoms with Gasteiger partial charge in [0.25, 0.3) is 5.19 Å². The molecule has 2 saturated heterocycles. The van der Waals surface area contributed by atoms with Crippen molar-refractivity contribution < 1.29 is 14.3 Å². The molecule has 3 heterocycles. The monoisotopic (exact) mass is 457 g/mol. The molecule has 6 nitrogen and oxygen atoms in total. The van der Waals surface area contributed by atoms with Crippen molar-refractivity contribution in [1.29, 1.82) is 0 Å². The van der Waals surface area contributed by atoms with E-state index >= 15 is 0 Å². The zero-order valence-corrected chi connectivity index (χ0v) is 18.9. The molecule has 162 valence electrons. The van der Waals surface area contributed by atoms with E-state index < -0.39 is 0 Å². The zero-order valence-electron chi connectivity index (χ0n) is 17.3. The highest BCUT2D eigenvalue weighted by atomic mass is 35.5. The van der Waals surface area contributed by atoms with Crippen LogP contribution in [0.25, 0.3) is 10.2 Å². The molecule has 0 N–H and O–H groups in total. The summed E-state index contributed by atoms with van der Waals surface area (Å²) in [4.78, 5) is 20.7. The number of ether oxygens (including phenoxy) is 2. The number of carbonyl (C=O) groups is 1. The molecular weight excluding hydrogens is 434 g/mol. The van der Waals surface area contributed by atoms with Crippen LogP contribution in [0.15, 0.2) is 42.5 Å². The molecule has 2 atom stereocenters. The number of rotatable bonds is 6. The predicted octanol–water partition coefficient (Wildman–Crippen LogP) is 4.82. The number of thiazole rings is 1. The molecule has 8 heteroatoms. The molecule has 0 saturated carbocycles. The second-order valence-electron chi connectivity index (χ2n) is 8.04. The fourth-order valence-electron chi connectivity index (χ4n) is 4.52. The third-order valence-corrected chi connectivity index (χ3v) is 7.28. The largest absolute Gasteiger partial charge is 0.492 e. The van der Waals surface area contributed by atoms with Crippen molar-refractivity contribution in [3.63, 3.8) is 0 Å². The van der Waals surface area contributed by atoms with Crippen LogP contribution in [0.5, 0.6) is 16.7 Å². The Morgan fingerprint density at radius 3 is 2.52 bits per heavy atom. The lowest BCUT2D eigenvalue weighted by atomic mass is 10.2. The molecule has 2 aliphatic heterocycles. The second kappa shape index (κ2) is 8.65. The van der Waals surface area contributed by atoms with Crippen LogP contribution in [-0.2, 0) is 4.79 Å². The summed E-state index contributed by atoms with van der Waals surface area (Å²) in [5, 5.41) is 1.19. The van der Waals surface area contributed by atoms with Gasteiger partial charge < -0.3 is 14.4 Å². The molecule has 2 fully saturated rings. The molecule has 3 aromatic rings. The first-order valence-electron chi connectivity index (χ1n) is 10.5. The molecule has 2 bridgehead atoms. The number of fused-ring (bicyclic) bond motifs is 3. The number of aromatic nitrogens is 1. The Hall–Kier alpha value is -2.35. The third kappa shape index (κ3) is 4.35. The zero-order chi connectivity index (χ0) is 21.4. The summed E-state index contributed by atoms with van der Waals surface area (Å²) < 4.78 is 12.9. The highest BCUT2D eigenvalue weighted by molar-refractivity contribution is 7.20. The van der Waals surface area contributed by atoms with Gasteiger partial charge in [0, 0.05) is 38.6 Å². The van der Waals surface area contributed by atoms with E-state index in [0.717, 1.165) is 48.4 Å². The van der Waals surface area contributed by atoms with E-state index in [1.807, 2.05) is 47.4 Å². The lowest BCUT2D eigenvalue weighted by Crippen LogP contribution is -2.55. The number of carbonyl (C=O) groups excluding carboxylic acids is 1. The van der Waals surface area contributed by atoms with Crippen LogP contribution >= 0.6 is 22.9 Å². The van der Waals surface area contributed by atoms with Gasteiger partial charge in [-0.15, -0.1) is 0 Å². The van der Waals surface area contributed by atoms with Gasteiger partial charge in [0.05, 0.1) is 9.72 Å². The number of amides is 1. The SMILES string of the molecule is CC(=O)N1CC2CCC(C1)N2CCOc1ccc(Oc2nc3c(Cl)cccc3s2)cc1. The summed E-state index contributed by atoms with van der Waals surface area (Å²) in [5.41, 5.74) is 0.766. The smallest absolute Gasteiger partial charge is 0.279 e. The molecule has 1 aromatic heterocycles. The van der Waals surface area contributed by atoms with Crippen molar-refractivity contribution >= 4 is 39.1 Å². The van der Waals surface area contributed by atoms with Crippen molar-refractivity contribution in [2.24, 2.45) is 0 Å². The van der Waals surface area contributed by atoms with Crippen LogP contribution in [0.1, 0.15) is 19.8 Å². The lowest BCUT2D eigenvalue weighted by Gasteiger charge is -2.40. The Balaban J connectivity index is 1.14. The minimum absolute atomic E-state index is 0.184. The maximum absolute atomic E-state index is 11.7. The maximum Gasteiger partial charge on any atom is 0.279 e. The first-order chi connectivity index (χ1) is 15.1. The first-order valence-corrected chi connectivity index (χ1v) is 11.7. The molecule has 31 heavy (non-hydrogen) atoms. The van der Waals surface area contributed by atoms with Crippen molar-refractivity contribution in [2.75, 3.05) is 26.2 Å². The normalized spacial score (nSPS) is 20.9. The van der Waals surface area contributed by atoms with Crippen LogP contribution in [0.3, 0.4) is 0 Å². The number of piperazine rings is 1. The van der Waals surface area contributed by atoms with Gasteiger partial charge in [0.2, 0.25) is 5.91 Å². The maximum atomic E-state index is 11.7. The van der Waals surface area contributed by atoms with Crippen molar-refractivity contribution in [2.45, 2.75) is 31.8 Å². The minimum atomic E-state index is 0.184. The van der Waals surface area contributed by atoms with E-state index in [4.69, 9.17) is 21.1 Å². The van der Waals surface area contributed by atoms with Gasteiger partial charge in [-0.25, -0.2) is 4.98 Å². The van der Waals surface area contributed by atoms with Crippen molar-refractivity contribution in [3.8, 4) is 16.7 Å². The van der Waals surface area contributed by atoms with Crippen LogP contribution < -0.4 is 9.47 Å². The summed E-state index contributed by atoms with van der Waals surface area (Å²) in [5.74, 6) is 1.71. The highest BCUT2D eigenvalue weighted by Crippen LogP contribution is 2.35. The molecule has 2 aromatic carbocycles. The first kappa shape index (κ1) is 20.5. The molecule has 0 spiro atoms. The number of hydrogen-bond donors (Lipinski definition) is 0. The number of halogens is 1. The number of hydrogen-bond acceptors (Lipinski definition) is 6. The van der Waals surface area contributed by atoms with Gasteiger partial charge in [0.1, 0.15) is 23.6 Å². The second-order valence-corrected chi connectivity index (χ2v) is 9.44. The molecule has 0 radical (unpaired) electrons. The third-order valence-electron chi connectivity index (χ3n) is 6.08. The molecule has 2 unspecified atom stereocenters. The van der Waals surface area contributed by atoms with Gasteiger partial charge in [-0.1, -0.05) is 29.0 Å². The van der Waals surface area contributed by atoms with E-state index in [-0.39, 0.29) is 5.91 Å². The topological polar surface area (TPSA) is 54.9 Å². The van der Waals surface area contributed by atoms with Crippen LogP contribution in [0, 0.1) is 0 Å². The average molecular weight is 458 g/mol. The molecule has 2 aliphatic rings. The summed E-state index contributed by atoms with van der Waals surface area (Å²) in [7, 11) is 0. The number of para-hydroxylation sites is 1. The number of nitrogens with zero attached hydrogens (tertiary/aromatic N) is 3. The van der Waals surface area contributed by atoms with Crippen molar-refractivity contribution in [3.05, 3.63) is 47.5 Å². The van der Waals surface area contributed by atoms with Gasteiger partial charge in [-0.3, -0.25) is 9.69 Å². The summed E-state index contributed by atoms with van der Waals surface area (Å²) in [6, 6.07) is 14.2. The molecule has 1 amide bonds. The lowest BCUT2D eigenvalue weighted by molar-refractivity contribution is -0.132. The van der Waals surface area contributed by atoms with Gasteiger partial charge >= 0.3 is 0 Å². The predicted molar refractivity (Wildman–Crippen MR) is 122 cm³/mol. The summed E-state index contributed by atoms with van der Waals surface area (Å²) in [6.45, 7) is 4.86. The van der Waals surface area contributed by atoms with Crippen molar-refractivity contribution in [1.82, 2.24) is 14.8 Å². The van der Waals surface area contributed by atoms with E-state index in [9.17, 15) is 4.79 Å². The van der Waals surface area contributed by atoms with Gasteiger partial charge in [-0.05, 0) is 49.2 Å². The quantitative estimate of drug-likeness (QED) is 0.531. The fourth-order valence-corrected chi connectivity index (χ4v) is 5.66. The Morgan fingerprint density at radius 2 is 1.84 bits per heavy atom. The summed E-state index contributed by atoms with van der Waals surface area (Å²) >= 11 is 7.66. The minimum Gasteiger partial charge on any atom is -0.492 e. The Morgan fingerprint density at radius 1 is 1.13 bits per heavy atom. The van der Waals surface area contributed by atoms with Crippen LogP contribution in [0.4, 0.5) is 0 Å². The Kier molecular flexibility index (Phi) is 5.73. The Bertz CT molecular complexity index is 1070. The van der Waals surface area contributed by atoms with Gasteiger partial charge in [0.15, 0.2) is 0 Å². The molecule has 5 rings (SSSR count). The highest BCUT2D eigenvalue weighted by Gasteiger charge is 2.40. The standard InChI is InChI=1S/C23H24ClN3O3S/c1-15(28)26-13-16-5-6-17(14-26)27(16)11-12-29-18-7-9-19(10-8-18)30-23-25-22-20(24)3-2-4-21(22)31-23/h2-4,7-10,16-17H,5-6,11-14H2,1H3. The van der Waals surface area contributed by atoms with Crippen LogP contribution in [0.2, 0.25) is 5.02 Å². The number of likely N-dealkylation sites (tertiary alicyclic amines) is 1. The average Bonchev–Trinajstić information content (AvgIpc) is 3.26. The Labute approximate surface area is 190 Å².